The predicted molar refractivity (Wildman–Crippen MR) is 67.5 cm³/mol. The number of carboxylic acids is 1. The highest BCUT2D eigenvalue weighted by Gasteiger charge is 2.45. The highest BCUT2D eigenvalue weighted by Crippen LogP contribution is 2.49. The third kappa shape index (κ3) is 6.17. The fourth-order valence-electron chi connectivity index (χ4n) is 1.72. The first-order valence-electron chi connectivity index (χ1n) is 5.93. The van der Waals surface area contributed by atoms with Crippen LogP contribution in [-0.4, -0.2) is 39.0 Å². The van der Waals surface area contributed by atoms with E-state index in [0.29, 0.717) is 18.1 Å². The summed E-state index contributed by atoms with van der Waals surface area (Å²) in [5.74, 6) is 0.219. The molecular weight excluding hydrogens is 240 g/mol. The fourth-order valence-corrected chi connectivity index (χ4v) is 3.21. The average Bonchev–Trinajstić information content (AvgIpc) is 2.80. The van der Waals surface area contributed by atoms with Gasteiger partial charge in [-0.1, -0.05) is 0 Å². The second-order valence-electron chi connectivity index (χ2n) is 5.82. The maximum atomic E-state index is 11.8. The van der Waals surface area contributed by atoms with E-state index in [1.54, 1.807) is 0 Å². The molecule has 1 unspecified atom stereocenters. The van der Waals surface area contributed by atoms with E-state index >= 15 is 0 Å². The summed E-state index contributed by atoms with van der Waals surface area (Å²) in [5.41, 5.74) is -0.388. The monoisotopic (exact) mass is 262 g/mol. The molecule has 1 aliphatic carbocycles. The van der Waals surface area contributed by atoms with Gasteiger partial charge >= 0.3 is 5.97 Å². The van der Waals surface area contributed by atoms with Crippen LogP contribution in [-0.2, 0) is 20.3 Å². The van der Waals surface area contributed by atoms with E-state index in [2.05, 4.69) is 0 Å². The first kappa shape index (κ1) is 14.6. The number of aliphatic carboxylic acids is 1. The van der Waals surface area contributed by atoms with Crippen molar-refractivity contribution in [1.82, 2.24) is 0 Å². The Bertz CT molecular complexity index is 302. The lowest BCUT2D eigenvalue weighted by atomic mass is 10.1. The summed E-state index contributed by atoms with van der Waals surface area (Å²) < 4.78 is 17.3. The molecule has 1 aliphatic rings. The standard InChI is InChI=1S/C12H22O4S/c1-11(2,3)16-6-7-17(15)9-12(4-5-12)8-10(13)14/h4-9H2,1-3H3,(H,13,14). The van der Waals surface area contributed by atoms with Crippen molar-refractivity contribution in [3.05, 3.63) is 0 Å². The Kier molecular flexibility index (Phi) is 4.72. The Morgan fingerprint density at radius 2 is 2.00 bits per heavy atom. The Labute approximate surface area is 105 Å². The Morgan fingerprint density at radius 1 is 1.41 bits per heavy atom. The topological polar surface area (TPSA) is 63.6 Å². The summed E-state index contributed by atoms with van der Waals surface area (Å²) in [5, 5.41) is 8.76. The van der Waals surface area contributed by atoms with E-state index in [-0.39, 0.29) is 17.4 Å². The largest absolute Gasteiger partial charge is 0.481 e. The van der Waals surface area contributed by atoms with Gasteiger partial charge in [0.2, 0.25) is 0 Å². The van der Waals surface area contributed by atoms with E-state index in [0.717, 1.165) is 12.8 Å². The van der Waals surface area contributed by atoms with Crippen molar-refractivity contribution in [3.63, 3.8) is 0 Å². The number of carbonyl (C=O) groups is 1. The van der Waals surface area contributed by atoms with Crippen LogP contribution in [0.25, 0.3) is 0 Å². The van der Waals surface area contributed by atoms with Crippen LogP contribution in [0.1, 0.15) is 40.0 Å². The summed E-state index contributed by atoms with van der Waals surface area (Å²) in [7, 11) is -0.966. The van der Waals surface area contributed by atoms with Gasteiger partial charge in [-0.15, -0.1) is 0 Å². The average molecular weight is 262 g/mol. The van der Waals surface area contributed by atoms with E-state index in [1.807, 2.05) is 20.8 Å². The van der Waals surface area contributed by atoms with Gasteiger partial charge in [0.1, 0.15) is 0 Å². The molecular formula is C12H22O4S. The predicted octanol–water partition coefficient (Wildman–Crippen LogP) is 1.81. The lowest BCUT2D eigenvalue weighted by Gasteiger charge is -2.19. The number of ether oxygens (including phenoxy) is 1. The van der Waals surface area contributed by atoms with E-state index < -0.39 is 16.8 Å². The lowest BCUT2D eigenvalue weighted by Crippen LogP contribution is -2.24. The molecule has 0 spiro atoms. The second-order valence-corrected chi connectivity index (χ2v) is 7.40. The van der Waals surface area contributed by atoms with Crippen LogP contribution in [0.5, 0.6) is 0 Å². The molecule has 1 fully saturated rings. The molecule has 0 aromatic heterocycles. The van der Waals surface area contributed by atoms with Crippen molar-refractivity contribution in [2.75, 3.05) is 18.1 Å². The molecule has 1 atom stereocenters. The Morgan fingerprint density at radius 3 is 2.41 bits per heavy atom. The van der Waals surface area contributed by atoms with E-state index in [4.69, 9.17) is 9.84 Å². The van der Waals surface area contributed by atoms with Crippen molar-refractivity contribution >= 4 is 16.8 Å². The summed E-state index contributed by atoms with van der Waals surface area (Å²) >= 11 is 0. The molecule has 17 heavy (non-hydrogen) atoms. The van der Waals surface area contributed by atoms with Crippen molar-refractivity contribution in [1.29, 1.82) is 0 Å². The van der Waals surface area contributed by atoms with Gasteiger partial charge < -0.3 is 9.84 Å². The lowest BCUT2D eigenvalue weighted by molar-refractivity contribution is -0.138. The summed E-state index contributed by atoms with van der Waals surface area (Å²) in [6, 6.07) is 0. The molecule has 0 aliphatic heterocycles. The highest BCUT2D eigenvalue weighted by atomic mass is 32.2. The quantitative estimate of drug-likeness (QED) is 0.760. The van der Waals surface area contributed by atoms with Crippen LogP contribution in [0.15, 0.2) is 0 Å². The van der Waals surface area contributed by atoms with Crippen LogP contribution < -0.4 is 0 Å². The molecule has 0 heterocycles. The molecule has 0 radical (unpaired) electrons. The number of hydrogen-bond acceptors (Lipinski definition) is 3. The molecule has 0 amide bonds. The Balaban J connectivity index is 2.24. The maximum Gasteiger partial charge on any atom is 0.303 e. The SMILES string of the molecule is CC(C)(C)OCCS(=O)CC1(CC(=O)O)CC1. The van der Waals surface area contributed by atoms with Crippen LogP contribution in [0, 0.1) is 5.41 Å². The van der Waals surface area contributed by atoms with Crippen LogP contribution in [0.4, 0.5) is 0 Å². The fraction of sp³-hybridized carbons (Fsp3) is 0.917. The number of hydrogen-bond donors (Lipinski definition) is 1. The summed E-state index contributed by atoms with van der Waals surface area (Å²) in [6.07, 6.45) is 1.94. The first-order valence-corrected chi connectivity index (χ1v) is 7.42. The molecule has 100 valence electrons. The zero-order chi connectivity index (χ0) is 13.1. The maximum absolute atomic E-state index is 11.8. The zero-order valence-electron chi connectivity index (χ0n) is 10.8. The third-order valence-corrected chi connectivity index (χ3v) is 4.35. The van der Waals surface area contributed by atoms with E-state index in [1.165, 1.54) is 0 Å². The minimum absolute atomic E-state index is 0.152. The third-order valence-electron chi connectivity index (χ3n) is 2.80. The minimum Gasteiger partial charge on any atom is -0.481 e. The summed E-state index contributed by atoms with van der Waals surface area (Å²) in [4.78, 5) is 10.7. The first-order chi connectivity index (χ1) is 7.72. The molecule has 0 saturated heterocycles. The molecule has 0 bridgehead atoms. The van der Waals surface area contributed by atoms with Gasteiger partial charge in [-0.05, 0) is 39.0 Å². The highest BCUT2D eigenvalue weighted by molar-refractivity contribution is 7.85. The normalized spacial score (nSPS) is 19.9. The van der Waals surface area contributed by atoms with Gasteiger partial charge in [0.25, 0.3) is 0 Å². The van der Waals surface area contributed by atoms with Crippen LogP contribution >= 0.6 is 0 Å². The smallest absolute Gasteiger partial charge is 0.303 e. The van der Waals surface area contributed by atoms with E-state index in [9.17, 15) is 9.00 Å². The van der Waals surface area contributed by atoms with Gasteiger partial charge in [0.05, 0.1) is 18.6 Å². The van der Waals surface area contributed by atoms with Gasteiger partial charge in [-0.3, -0.25) is 9.00 Å². The minimum atomic E-state index is -0.966. The molecule has 1 saturated carbocycles. The molecule has 4 nitrogen and oxygen atoms in total. The molecule has 0 aromatic carbocycles. The van der Waals surface area contributed by atoms with Gasteiger partial charge in [0, 0.05) is 22.3 Å². The Hall–Kier alpha value is -0.420. The van der Waals surface area contributed by atoms with Crippen LogP contribution in [0.3, 0.4) is 0 Å². The second kappa shape index (κ2) is 5.48. The van der Waals surface area contributed by atoms with Crippen molar-refractivity contribution in [2.24, 2.45) is 5.41 Å². The molecule has 1 rings (SSSR count). The number of rotatable bonds is 7. The van der Waals surface area contributed by atoms with Crippen molar-refractivity contribution < 1.29 is 18.8 Å². The van der Waals surface area contributed by atoms with Gasteiger partial charge in [-0.2, -0.15) is 0 Å². The van der Waals surface area contributed by atoms with Crippen molar-refractivity contribution in [3.8, 4) is 0 Å². The number of carboxylic acid groups (broad SMARTS) is 1. The van der Waals surface area contributed by atoms with Gasteiger partial charge in [0.15, 0.2) is 0 Å². The van der Waals surface area contributed by atoms with Crippen LogP contribution in [0.2, 0.25) is 0 Å². The zero-order valence-corrected chi connectivity index (χ0v) is 11.6. The molecule has 5 heteroatoms. The molecule has 0 aromatic rings. The van der Waals surface area contributed by atoms with Gasteiger partial charge in [-0.25, -0.2) is 0 Å². The summed E-state index contributed by atoms with van der Waals surface area (Å²) in [6.45, 7) is 6.35. The van der Waals surface area contributed by atoms with Crippen molar-refractivity contribution in [2.45, 2.75) is 45.6 Å². The molecule has 1 N–H and O–H groups in total.